The number of hydrogen-bond acceptors (Lipinski definition) is 5. The van der Waals surface area contributed by atoms with E-state index in [0.717, 1.165) is 44.1 Å². The van der Waals surface area contributed by atoms with Crippen LogP contribution in [0.1, 0.15) is 32.3 Å². The van der Waals surface area contributed by atoms with Crippen LogP contribution in [0.4, 0.5) is 0 Å². The van der Waals surface area contributed by atoms with E-state index in [2.05, 4.69) is 42.8 Å². The minimum Gasteiger partial charge on any atom is -0.493 e. The number of benzene rings is 1. The molecule has 1 aliphatic rings. The van der Waals surface area contributed by atoms with Crippen molar-refractivity contribution in [1.29, 1.82) is 0 Å². The molecule has 1 fully saturated rings. The molecule has 1 heterocycles. The number of aliphatic hydroxyl groups is 1. The van der Waals surface area contributed by atoms with Crippen LogP contribution in [0.2, 0.25) is 0 Å². The summed E-state index contributed by atoms with van der Waals surface area (Å²) < 4.78 is 10.7. The lowest BCUT2D eigenvalue weighted by Crippen LogP contribution is -2.49. The van der Waals surface area contributed by atoms with Crippen molar-refractivity contribution in [3.8, 4) is 11.5 Å². The molecule has 1 aliphatic heterocycles. The van der Waals surface area contributed by atoms with Crippen LogP contribution in [0.5, 0.6) is 11.5 Å². The summed E-state index contributed by atoms with van der Waals surface area (Å²) in [6, 6.07) is 6.75. The highest BCUT2D eigenvalue weighted by molar-refractivity contribution is 5.42. The lowest BCUT2D eigenvalue weighted by Gasteiger charge is -2.40. The van der Waals surface area contributed by atoms with Gasteiger partial charge in [-0.3, -0.25) is 0 Å². The van der Waals surface area contributed by atoms with Crippen LogP contribution in [0.15, 0.2) is 18.2 Å². The highest BCUT2D eigenvalue weighted by Crippen LogP contribution is 2.28. The SMILES string of the molecule is COc1ccc(CCN(C)C2CCCN(CC(C)(C)CO)C2)cc1OC. The molecular weight excluding hydrogens is 328 g/mol. The molecule has 5 heteroatoms. The lowest BCUT2D eigenvalue weighted by atomic mass is 9.92. The normalized spacial score (nSPS) is 19.0. The van der Waals surface area contributed by atoms with Gasteiger partial charge in [-0.25, -0.2) is 0 Å². The Morgan fingerprint density at radius 2 is 1.96 bits per heavy atom. The van der Waals surface area contributed by atoms with Gasteiger partial charge in [0.05, 0.1) is 14.2 Å². The molecule has 0 saturated carbocycles. The van der Waals surface area contributed by atoms with E-state index in [4.69, 9.17) is 9.47 Å². The predicted molar refractivity (Wildman–Crippen MR) is 106 cm³/mol. The van der Waals surface area contributed by atoms with Crippen LogP contribution in [-0.2, 0) is 6.42 Å². The predicted octanol–water partition coefficient (Wildman–Crippen LogP) is 2.66. The van der Waals surface area contributed by atoms with Gasteiger partial charge in [-0.15, -0.1) is 0 Å². The number of ether oxygens (including phenoxy) is 2. The fourth-order valence-corrected chi connectivity index (χ4v) is 3.71. The van der Waals surface area contributed by atoms with E-state index in [9.17, 15) is 5.11 Å². The fraction of sp³-hybridized carbons (Fsp3) is 0.714. The smallest absolute Gasteiger partial charge is 0.160 e. The van der Waals surface area contributed by atoms with Crippen LogP contribution in [0.25, 0.3) is 0 Å². The standard InChI is InChI=1S/C21H36N2O3/c1-21(2,16-24)15-23-11-6-7-18(14-23)22(3)12-10-17-8-9-19(25-4)20(13-17)26-5/h8-9,13,18,24H,6-7,10-12,14-16H2,1-5H3. The summed E-state index contributed by atoms with van der Waals surface area (Å²) in [7, 11) is 5.57. The Hall–Kier alpha value is -1.30. The van der Waals surface area contributed by atoms with Crippen molar-refractivity contribution in [2.45, 2.75) is 39.2 Å². The number of likely N-dealkylation sites (N-methyl/N-ethyl adjacent to an activating group) is 1. The van der Waals surface area contributed by atoms with Crippen molar-refractivity contribution in [1.82, 2.24) is 9.80 Å². The van der Waals surface area contributed by atoms with Gasteiger partial charge < -0.3 is 24.4 Å². The minimum atomic E-state index is -0.0277. The molecule has 1 aromatic carbocycles. The third kappa shape index (κ3) is 5.86. The van der Waals surface area contributed by atoms with Gasteiger partial charge in [-0.1, -0.05) is 19.9 Å². The van der Waals surface area contributed by atoms with Gasteiger partial charge in [0.15, 0.2) is 11.5 Å². The van der Waals surface area contributed by atoms with Crippen LogP contribution in [0, 0.1) is 5.41 Å². The van der Waals surface area contributed by atoms with E-state index in [-0.39, 0.29) is 12.0 Å². The molecule has 0 spiro atoms. The fourth-order valence-electron chi connectivity index (χ4n) is 3.71. The summed E-state index contributed by atoms with van der Waals surface area (Å²) in [6.07, 6.45) is 3.47. The van der Waals surface area contributed by atoms with Gasteiger partial charge in [0.25, 0.3) is 0 Å². The maximum Gasteiger partial charge on any atom is 0.160 e. The van der Waals surface area contributed by atoms with Gasteiger partial charge in [-0.2, -0.15) is 0 Å². The molecule has 1 N–H and O–H groups in total. The topological polar surface area (TPSA) is 45.2 Å². The summed E-state index contributed by atoms with van der Waals surface area (Å²) in [5.41, 5.74) is 1.24. The van der Waals surface area contributed by atoms with E-state index >= 15 is 0 Å². The monoisotopic (exact) mass is 364 g/mol. The van der Waals surface area contributed by atoms with Gasteiger partial charge in [0.1, 0.15) is 0 Å². The third-order valence-corrected chi connectivity index (χ3v) is 5.38. The maximum atomic E-state index is 9.53. The van der Waals surface area contributed by atoms with E-state index in [1.807, 2.05) is 6.07 Å². The average molecular weight is 365 g/mol. The molecule has 0 amide bonds. The highest BCUT2D eigenvalue weighted by Gasteiger charge is 2.27. The number of aliphatic hydroxyl groups excluding tert-OH is 1. The third-order valence-electron chi connectivity index (χ3n) is 5.38. The van der Waals surface area contributed by atoms with Crippen molar-refractivity contribution in [3.05, 3.63) is 23.8 Å². The van der Waals surface area contributed by atoms with Gasteiger partial charge in [-0.05, 0) is 50.6 Å². The highest BCUT2D eigenvalue weighted by atomic mass is 16.5. The molecule has 5 nitrogen and oxygen atoms in total. The molecule has 1 saturated heterocycles. The number of likely N-dealkylation sites (tertiary alicyclic amines) is 1. The number of nitrogens with zero attached hydrogens (tertiary/aromatic N) is 2. The van der Waals surface area contributed by atoms with E-state index in [1.165, 1.54) is 18.4 Å². The average Bonchev–Trinajstić information content (AvgIpc) is 2.65. The molecule has 1 aromatic rings. The minimum absolute atomic E-state index is 0.0277. The molecule has 0 bridgehead atoms. The summed E-state index contributed by atoms with van der Waals surface area (Å²) >= 11 is 0. The number of rotatable bonds is 9. The zero-order chi connectivity index (χ0) is 19.2. The number of hydrogen-bond donors (Lipinski definition) is 1. The number of piperidine rings is 1. The van der Waals surface area contributed by atoms with Crippen LogP contribution >= 0.6 is 0 Å². The zero-order valence-electron chi connectivity index (χ0n) is 17.1. The van der Waals surface area contributed by atoms with Gasteiger partial charge in [0.2, 0.25) is 0 Å². The molecule has 1 unspecified atom stereocenters. The van der Waals surface area contributed by atoms with Crippen molar-refractivity contribution < 1.29 is 14.6 Å². The Labute approximate surface area is 158 Å². The Morgan fingerprint density at radius 1 is 1.23 bits per heavy atom. The Bertz CT molecular complexity index is 562. The molecule has 1 atom stereocenters. The Balaban J connectivity index is 1.88. The lowest BCUT2D eigenvalue weighted by molar-refractivity contribution is 0.0601. The second-order valence-corrected chi connectivity index (χ2v) is 8.27. The molecule has 0 aliphatic carbocycles. The Kier molecular flexibility index (Phi) is 7.74. The van der Waals surface area contributed by atoms with Crippen LogP contribution < -0.4 is 9.47 Å². The quantitative estimate of drug-likeness (QED) is 0.730. The molecule has 148 valence electrons. The van der Waals surface area contributed by atoms with Crippen LogP contribution in [0.3, 0.4) is 0 Å². The number of methoxy groups -OCH3 is 2. The first-order chi connectivity index (χ1) is 12.4. The molecular formula is C21H36N2O3. The van der Waals surface area contributed by atoms with Crippen LogP contribution in [-0.4, -0.2) is 75.0 Å². The first-order valence-electron chi connectivity index (χ1n) is 9.63. The Morgan fingerprint density at radius 3 is 2.62 bits per heavy atom. The van der Waals surface area contributed by atoms with E-state index in [1.54, 1.807) is 14.2 Å². The first-order valence-corrected chi connectivity index (χ1v) is 9.63. The van der Waals surface area contributed by atoms with E-state index in [0.29, 0.717) is 6.04 Å². The van der Waals surface area contributed by atoms with Crippen molar-refractivity contribution >= 4 is 0 Å². The second-order valence-electron chi connectivity index (χ2n) is 8.27. The molecule has 26 heavy (non-hydrogen) atoms. The summed E-state index contributed by atoms with van der Waals surface area (Å²) in [6.45, 7) is 8.73. The first kappa shape index (κ1) is 21.0. The van der Waals surface area contributed by atoms with Crippen molar-refractivity contribution in [2.24, 2.45) is 5.41 Å². The maximum absolute atomic E-state index is 9.53. The van der Waals surface area contributed by atoms with E-state index < -0.39 is 0 Å². The van der Waals surface area contributed by atoms with Crippen molar-refractivity contribution in [2.75, 3.05) is 54.1 Å². The molecule has 0 radical (unpaired) electrons. The molecule has 2 rings (SSSR count). The summed E-state index contributed by atoms with van der Waals surface area (Å²) in [5, 5.41) is 9.53. The molecule has 0 aromatic heterocycles. The largest absolute Gasteiger partial charge is 0.493 e. The van der Waals surface area contributed by atoms with Crippen molar-refractivity contribution in [3.63, 3.8) is 0 Å². The van der Waals surface area contributed by atoms with Gasteiger partial charge >= 0.3 is 0 Å². The zero-order valence-corrected chi connectivity index (χ0v) is 17.1. The summed E-state index contributed by atoms with van der Waals surface area (Å²) in [5.74, 6) is 1.57. The van der Waals surface area contributed by atoms with Gasteiger partial charge in [0, 0.05) is 37.7 Å². The second kappa shape index (κ2) is 9.58. The summed E-state index contributed by atoms with van der Waals surface area (Å²) in [4.78, 5) is 4.99.